The standard InChI is InChI=1S/C17H12F3N3O3S/c18-17(19,20)15-6-12(4-3-10(15)8-21)27(25,26)23-16(24)14-7-13(14)11-2-1-5-22-9-11/h1-6,9,13-14H,7H2,(H,23,24)/t13-,14+/m0/s1. The summed E-state index contributed by atoms with van der Waals surface area (Å²) in [6.07, 6.45) is -1.34. The molecule has 1 aromatic carbocycles. The fourth-order valence-corrected chi connectivity index (χ4v) is 3.79. The van der Waals surface area contributed by atoms with Crippen LogP contribution in [0.25, 0.3) is 0 Å². The van der Waals surface area contributed by atoms with E-state index in [1.807, 2.05) is 4.72 Å². The van der Waals surface area contributed by atoms with Gasteiger partial charge in [0.2, 0.25) is 5.91 Å². The van der Waals surface area contributed by atoms with Gasteiger partial charge in [0.05, 0.1) is 22.1 Å². The largest absolute Gasteiger partial charge is 0.417 e. The molecule has 1 amide bonds. The summed E-state index contributed by atoms with van der Waals surface area (Å²) in [5, 5.41) is 8.77. The number of nitrogens with one attached hydrogen (secondary N) is 1. The third-order valence-electron chi connectivity index (χ3n) is 4.20. The van der Waals surface area contributed by atoms with E-state index in [1.165, 1.54) is 6.07 Å². The molecule has 0 radical (unpaired) electrons. The van der Waals surface area contributed by atoms with Crippen molar-refractivity contribution in [2.75, 3.05) is 0 Å². The highest BCUT2D eigenvalue weighted by molar-refractivity contribution is 7.90. The minimum atomic E-state index is -4.90. The number of carbonyl (C=O) groups excluding carboxylic acids is 1. The molecule has 1 fully saturated rings. The molecular formula is C17H12F3N3O3S. The molecule has 140 valence electrons. The van der Waals surface area contributed by atoms with Crippen LogP contribution in [0.4, 0.5) is 13.2 Å². The van der Waals surface area contributed by atoms with Crippen molar-refractivity contribution in [1.82, 2.24) is 9.71 Å². The SMILES string of the molecule is N#Cc1ccc(S(=O)(=O)NC(=O)[C@@H]2C[C@H]2c2cccnc2)cc1C(F)(F)F. The normalized spacial score (nSPS) is 19.2. The summed E-state index contributed by atoms with van der Waals surface area (Å²) in [6.45, 7) is 0. The quantitative estimate of drug-likeness (QED) is 0.858. The number of amides is 1. The molecule has 1 saturated carbocycles. The van der Waals surface area contributed by atoms with Crippen LogP contribution in [0.2, 0.25) is 0 Å². The monoisotopic (exact) mass is 395 g/mol. The Morgan fingerprint density at radius 2 is 2.04 bits per heavy atom. The maximum atomic E-state index is 13.0. The number of hydrogen-bond donors (Lipinski definition) is 1. The first-order valence-corrected chi connectivity index (χ1v) is 9.20. The number of rotatable bonds is 4. The van der Waals surface area contributed by atoms with Crippen molar-refractivity contribution >= 4 is 15.9 Å². The van der Waals surface area contributed by atoms with E-state index in [9.17, 15) is 26.4 Å². The van der Waals surface area contributed by atoms with Crippen LogP contribution in [0.5, 0.6) is 0 Å². The Bertz CT molecular complexity index is 1030. The van der Waals surface area contributed by atoms with E-state index in [-0.39, 0.29) is 5.92 Å². The van der Waals surface area contributed by atoms with E-state index in [1.54, 1.807) is 24.5 Å². The highest BCUT2D eigenvalue weighted by Crippen LogP contribution is 2.47. The van der Waals surface area contributed by atoms with Gasteiger partial charge < -0.3 is 0 Å². The fourth-order valence-electron chi connectivity index (χ4n) is 2.74. The summed E-state index contributed by atoms with van der Waals surface area (Å²) in [7, 11) is -4.50. The van der Waals surface area contributed by atoms with Gasteiger partial charge in [0.15, 0.2) is 0 Å². The number of sulfonamides is 1. The van der Waals surface area contributed by atoms with Gasteiger partial charge in [-0.25, -0.2) is 13.1 Å². The van der Waals surface area contributed by atoms with E-state index < -0.39 is 44.0 Å². The Morgan fingerprint density at radius 3 is 2.63 bits per heavy atom. The molecule has 3 rings (SSSR count). The predicted molar refractivity (Wildman–Crippen MR) is 86.6 cm³/mol. The number of nitriles is 1. The molecule has 1 aliphatic carbocycles. The average molecular weight is 395 g/mol. The smallest absolute Gasteiger partial charge is 0.274 e. The summed E-state index contributed by atoms with van der Waals surface area (Å²) in [5.41, 5.74) is -1.29. The van der Waals surface area contributed by atoms with Crippen molar-refractivity contribution < 1.29 is 26.4 Å². The van der Waals surface area contributed by atoms with Crippen molar-refractivity contribution in [3.05, 3.63) is 59.4 Å². The number of aromatic nitrogens is 1. The molecule has 1 N–H and O–H groups in total. The van der Waals surface area contributed by atoms with Gasteiger partial charge in [0, 0.05) is 18.3 Å². The van der Waals surface area contributed by atoms with Gasteiger partial charge in [0.1, 0.15) is 0 Å². The van der Waals surface area contributed by atoms with Crippen molar-refractivity contribution in [1.29, 1.82) is 5.26 Å². The van der Waals surface area contributed by atoms with Gasteiger partial charge in [-0.05, 0) is 42.2 Å². The molecule has 2 aromatic rings. The number of halogens is 3. The van der Waals surface area contributed by atoms with Crippen molar-refractivity contribution in [2.24, 2.45) is 5.92 Å². The molecule has 0 aliphatic heterocycles. The lowest BCUT2D eigenvalue weighted by Crippen LogP contribution is -2.32. The molecule has 0 spiro atoms. The van der Waals surface area contributed by atoms with Crippen LogP contribution in [0.3, 0.4) is 0 Å². The second kappa shape index (κ2) is 6.66. The van der Waals surface area contributed by atoms with Crippen LogP contribution in [0.1, 0.15) is 29.0 Å². The van der Waals surface area contributed by atoms with Crippen LogP contribution in [-0.4, -0.2) is 19.3 Å². The zero-order valence-corrected chi connectivity index (χ0v) is 14.4. The van der Waals surface area contributed by atoms with Gasteiger partial charge in [0.25, 0.3) is 10.0 Å². The van der Waals surface area contributed by atoms with Crippen molar-refractivity contribution in [3.63, 3.8) is 0 Å². The van der Waals surface area contributed by atoms with Gasteiger partial charge >= 0.3 is 6.18 Å². The number of hydrogen-bond acceptors (Lipinski definition) is 5. The van der Waals surface area contributed by atoms with E-state index in [4.69, 9.17) is 5.26 Å². The van der Waals surface area contributed by atoms with Gasteiger partial charge in [-0.3, -0.25) is 9.78 Å². The summed E-state index contributed by atoms with van der Waals surface area (Å²) in [6, 6.07) is 6.78. The van der Waals surface area contributed by atoms with E-state index in [2.05, 4.69) is 4.98 Å². The maximum Gasteiger partial charge on any atom is 0.417 e. The number of carbonyl (C=O) groups is 1. The molecule has 0 bridgehead atoms. The van der Waals surface area contributed by atoms with E-state index >= 15 is 0 Å². The van der Waals surface area contributed by atoms with Crippen LogP contribution >= 0.6 is 0 Å². The molecule has 10 heteroatoms. The van der Waals surface area contributed by atoms with Crippen LogP contribution in [0.15, 0.2) is 47.6 Å². The molecule has 0 unspecified atom stereocenters. The second-order valence-electron chi connectivity index (χ2n) is 6.02. The zero-order chi connectivity index (χ0) is 19.8. The Kier molecular flexibility index (Phi) is 4.65. The summed E-state index contributed by atoms with van der Waals surface area (Å²) in [4.78, 5) is 15.4. The van der Waals surface area contributed by atoms with Crippen LogP contribution in [0, 0.1) is 17.2 Å². The van der Waals surface area contributed by atoms with Gasteiger partial charge in [-0.1, -0.05) is 6.07 Å². The number of benzene rings is 1. The molecule has 6 nitrogen and oxygen atoms in total. The molecule has 27 heavy (non-hydrogen) atoms. The zero-order valence-electron chi connectivity index (χ0n) is 13.6. The average Bonchev–Trinajstić information content (AvgIpc) is 3.42. The van der Waals surface area contributed by atoms with Crippen molar-refractivity contribution in [3.8, 4) is 6.07 Å². The molecule has 1 heterocycles. The molecule has 0 saturated heterocycles. The fraction of sp³-hybridized carbons (Fsp3) is 0.235. The first-order valence-electron chi connectivity index (χ1n) is 7.71. The summed E-state index contributed by atoms with van der Waals surface area (Å²) in [5.74, 6) is -1.56. The van der Waals surface area contributed by atoms with Gasteiger partial charge in [-0.15, -0.1) is 0 Å². The maximum absolute atomic E-state index is 13.0. The lowest BCUT2D eigenvalue weighted by atomic mass is 10.1. The number of nitrogens with zero attached hydrogens (tertiary/aromatic N) is 2. The Balaban J connectivity index is 1.80. The van der Waals surface area contributed by atoms with Crippen molar-refractivity contribution in [2.45, 2.75) is 23.4 Å². The second-order valence-corrected chi connectivity index (χ2v) is 7.70. The number of alkyl halides is 3. The molecule has 2 atom stereocenters. The first-order chi connectivity index (χ1) is 12.6. The lowest BCUT2D eigenvalue weighted by Gasteiger charge is -2.12. The summed E-state index contributed by atoms with van der Waals surface area (Å²) >= 11 is 0. The minimum absolute atomic E-state index is 0.180. The molecule has 1 aliphatic rings. The molecule has 1 aromatic heterocycles. The lowest BCUT2D eigenvalue weighted by molar-refractivity contribution is -0.137. The third-order valence-corrected chi connectivity index (χ3v) is 5.55. The highest BCUT2D eigenvalue weighted by Gasteiger charge is 2.45. The van der Waals surface area contributed by atoms with Gasteiger partial charge in [-0.2, -0.15) is 18.4 Å². The highest BCUT2D eigenvalue weighted by atomic mass is 32.2. The summed E-state index contributed by atoms with van der Waals surface area (Å²) < 4.78 is 65.4. The van der Waals surface area contributed by atoms with Crippen LogP contribution in [-0.2, 0) is 21.0 Å². The number of pyridine rings is 1. The minimum Gasteiger partial charge on any atom is -0.274 e. The van der Waals surface area contributed by atoms with E-state index in [0.717, 1.165) is 17.7 Å². The predicted octanol–water partition coefficient (Wildman–Crippen LogP) is 2.58. The Morgan fingerprint density at radius 1 is 1.30 bits per heavy atom. The topological polar surface area (TPSA) is 99.9 Å². The first kappa shape index (κ1) is 18.8. The van der Waals surface area contributed by atoms with Crippen LogP contribution < -0.4 is 4.72 Å². The molecular weight excluding hydrogens is 383 g/mol. The Labute approximate surface area is 152 Å². The van der Waals surface area contributed by atoms with E-state index in [0.29, 0.717) is 12.5 Å². The Hall–Kier alpha value is -2.93. The third kappa shape index (κ3) is 3.93.